The van der Waals surface area contributed by atoms with E-state index in [-0.39, 0.29) is 18.5 Å². The first-order valence-corrected chi connectivity index (χ1v) is 3.75. The molecule has 0 aromatic rings. The van der Waals surface area contributed by atoms with Crippen molar-refractivity contribution in [2.24, 2.45) is 11.8 Å². The Morgan fingerprint density at radius 2 is 2.00 bits per heavy atom. The lowest BCUT2D eigenvalue weighted by Crippen LogP contribution is -2.32. The minimum Gasteiger partial charge on any atom is -0.393 e. The van der Waals surface area contributed by atoms with Crippen LogP contribution in [0, 0.1) is 11.8 Å². The van der Waals surface area contributed by atoms with E-state index in [9.17, 15) is 5.11 Å². The number of fused-ring (bicyclic) bond motifs is 2. The molecule has 2 nitrogen and oxygen atoms in total. The number of aliphatic hydroxyl groups excluding tert-OH is 1. The molecule has 2 bridgehead atoms. The summed E-state index contributed by atoms with van der Waals surface area (Å²) < 4.78 is 0. The molecule has 2 N–H and O–H groups in total. The monoisotopic (exact) mass is 163 g/mol. The lowest BCUT2D eigenvalue weighted by atomic mass is 10.0. The molecule has 1 heterocycles. The van der Waals surface area contributed by atoms with E-state index in [2.05, 4.69) is 5.32 Å². The van der Waals surface area contributed by atoms with E-state index in [4.69, 9.17) is 0 Å². The highest BCUT2D eigenvalue weighted by Crippen LogP contribution is 2.32. The van der Waals surface area contributed by atoms with Crippen molar-refractivity contribution in [2.75, 3.05) is 13.1 Å². The van der Waals surface area contributed by atoms with Crippen molar-refractivity contribution >= 4 is 12.4 Å². The van der Waals surface area contributed by atoms with E-state index in [0.717, 1.165) is 25.4 Å². The molecule has 10 heavy (non-hydrogen) atoms. The van der Waals surface area contributed by atoms with Crippen LogP contribution < -0.4 is 5.32 Å². The van der Waals surface area contributed by atoms with Crippen molar-refractivity contribution in [3.05, 3.63) is 0 Å². The molecule has 1 saturated heterocycles. The van der Waals surface area contributed by atoms with Crippen molar-refractivity contribution in [2.45, 2.75) is 18.9 Å². The van der Waals surface area contributed by atoms with E-state index in [1.807, 2.05) is 0 Å². The summed E-state index contributed by atoms with van der Waals surface area (Å²) in [5.74, 6) is 1.35. The minimum atomic E-state index is 0. The second-order valence-electron chi connectivity index (χ2n) is 3.32. The van der Waals surface area contributed by atoms with Gasteiger partial charge in [0.1, 0.15) is 0 Å². The third kappa shape index (κ3) is 1.29. The van der Waals surface area contributed by atoms with Crippen molar-refractivity contribution in [3.8, 4) is 0 Å². The van der Waals surface area contributed by atoms with Gasteiger partial charge in [0.15, 0.2) is 0 Å². The number of piperidine rings is 1. The maximum Gasteiger partial charge on any atom is 0.0583 e. The molecule has 0 amide bonds. The van der Waals surface area contributed by atoms with Crippen LogP contribution in [-0.2, 0) is 0 Å². The Hall–Kier alpha value is 0.210. The Bertz CT molecular complexity index is 118. The quantitative estimate of drug-likeness (QED) is 0.542. The summed E-state index contributed by atoms with van der Waals surface area (Å²) >= 11 is 0. The van der Waals surface area contributed by atoms with Crippen LogP contribution in [0.4, 0.5) is 0 Å². The van der Waals surface area contributed by atoms with Crippen LogP contribution in [0.2, 0.25) is 0 Å². The predicted octanol–water partition coefficient (Wildman–Crippen LogP) is 0.398. The number of halogens is 1. The van der Waals surface area contributed by atoms with Crippen LogP contribution in [0.3, 0.4) is 0 Å². The SMILES string of the molecule is Cl.O[C@H]1C[C@H]2CNC[C@@H]1C2. The van der Waals surface area contributed by atoms with Crippen LogP contribution in [0.15, 0.2) is 0 Å². The van der Waals surface area contributed by atoms with Gasteiger partial charge in [0.2, 0.25) is 0 Å². The van der Waals surface area contributed by atoms with Crippen molar-refractivity contribution in [1.29, 1.82) is 0 Å². The van der Waals surface area contributed by atoms with Gasteiger partial charge in [0.05, 0.1) is 6.10 Å². The maximum absolute atomic E-state index is 9.36. The number of nitrogens with one attached hydrogen (secondary N) is 1. The van der Waals surface area contributed by atoms with Gasteiger partial charge in [-0.15, -0.1) is 12.4 Å². The lowest BCUT2D eigenvalue weighted by molar-refractivity contribution is 0.135. The first-order valence-electron chi connectivity index (χ1n) is 3.75. The fraction of sp³-hybridized carbons (Fsp3) is 1.00. The van der Waals surface area contributed by atoms with Crippen LogP contribution in [0.1, 0.15) is 12.8 Å². The number of hydrogen-bond acceptors (Lipinski definition) is 2. The Morgan fingerprint density at radius 3 is 2.60 bits per heavy atom. The summed E-state index contributed by atoms with van der Waals surface area (Å²) in [6.45, 7) is 2.17. The summed E-state index contributed by atoms with van der Waals surface area (Å²) in [6.07, 6.45) is 2.30. The second kappa shape index (κ2) is 3.07. The summed E-state index contributed by atoms with van der Waals surface area (Å²) in [7, 11) is 0. The van der Waals surface area contributed by atoms with Gasteiger partial charge < -0.3 is 10.4 Å². The van der Waals surface area contributed by atoms with Crippen LogP contribution in [0.25, 0.3) is 0 Å². The highest BCUT2D eigenvalue weighted by molar-refractivity contribution is 5.85. The molecule has 3 atom stereocenters. The van der Waals surface area contributed by atoms with E-state index in [0.29, 0.717) is 5.92 Å². The van der Waals surface area contributed by atoms with Gasteiger partial charge in [-0.05, 0) is 31.2 Å². The predicted molar refractivity (Wildman–Crippen MR) is 42.3 cm³/mol. The first kappa shape index (κ1) is 8.31. The normalized spacial score (nSPS) is 44.7. The Morgan fingerprint density at radius 1 is 1.20 bits per heavy atom. The molecule has 0 radical (unpaired) electrons. The topological polar surface area (TPSA) is 32.3 Å². The van der Waals surface area contributed by atoms with Crippen LogP contribution in [0.5, 0.6) is 0 Å². The molecule has 1 aliphatic heterocycles. The van der Waals surface area contributed by atoms with Gasteiger partial charge in [-0.3, -0.25) is 0 Å². The Balaban J connectivity index is 0.000000500. The molecular formula is C7H14ClNO. The largest absolute Gasteiger partial charge is 0.393 e. The summed E-state index contributed by atoms with van der Waals surface area (Å²) in [5, 5.41) is 12.7. The molecule has 2 rings (SSSR count). The molecule has 1 aliphatic carbocycles. The summed E-state index contributed by atoms with van der Waals surface area (Å²) in [4.78, 5) is 0. The molecule has 1 saturated carbocycles. The van der Waals surface area contributed by atoms with Gasteiger partial charge >= 0.3 is 0 Å². The lowest BCUT2D eigenvalue weighted by Gasteiger charge is -2.19. The van der Waals surface area contributed by atoms with Crippen LogP contribution >= 0.6 is 12.4 Å². The molecule has 60 valence electrons. The number of aliphatic hydroxyl groups is 1. The zero-order valence-electron chi connectivity index (χ0n) is 5.92. The fourth-order valence-corrected chi connectivity index (χ4v) is 2.07. The van der Waals surface area contributed by atoms with E-state index in [1.165, 1.54) is 6.42 Å². The molecule has 0 unspecified atom stereocenters. The molecule has 0 spiro atoms. The molecular weight excluding hydrogens is 150 g/mol. The Labute approximate surface area is 67.4 Å². The smallest absolute Gasteiger partial charge is 0.0583 e. The maximum atomic E-state index is 9.36. The molecule has 2 fully saturated rings. The zero-order chi connectivity index (χ0) is 6.27. The van der Waals surface area contributed by atoms with E-state index in [1.54, 1.807) is 0 Å². The van der Waals surface area contributed by atoms with Crippen molar-refractivity contribution in [1.82, 2.24) is 5.32 Å². The highest BCUT2D eigenvalue weighted by atomic mass is 35.5. The van der Waals surface area contributed by atoms with E-state index >= 15 is 0 Å². The molecule has 3 heteroatoms. The van der Waals surface area contributed by atoms with Crippen molar-refractivity contribution < 1.29 is 5.11 Å². The average molecular weight is 164 g/mol. The fourth-order valence-electron chi connectivity index (χ4n) is 2.07. The van der Waals surface area contributed by atoms with Crippen molar-refractivity contribution in [3.63, 3.8) is 0 Å². The first-order chi connectivity index (χ1) is 4.36. The third-order valence-corrected chi connectivity index (χ3v) is 2.59. The molecule has 0 aromatic carbocycles. The molecule has 0 aromatic heterocycles. The Kier molecular flexibility index (Phi) is 2.55. The summed E-state index contributed by atoms with van der Waals surface area (Å²) in [6, 6.07) is 0. The standard InChI is InChI=1S/C7H13NO.ClH/c9-7-2-5-1-6(7)4-8-3-5;/h5-9H,1-4H2;1H/t5-,6-,7-;/m0./s1. The van der Waals surface area contributed by atoms with Gasteiger partial charge in [-0.2, -0.15) is 0 Å². The van der Waals surface area contributed by atoms with Crippen LogP contribution in [-0.4, -0.2) is 24.3 Å². The van der Waals surface area contributed by atoms with Gasteiger partial charge in [-0.1, -0.05) is 0 Å². The van der Waals surface area contributed by atoms with E-state index < -0.39 is 0 Å². The summed E-state index contributed by atoms with van der Waals surface area (Å²) in [5.41, 5.74) is 0. The van der Waals surface area contributed by atoms with Gasteiger partial charge in [0.25, 0.3) is 0 Å². The average Bonchev–Trinajstić information content (AvgIpc) is 2.09. The highest BCUT2D eigenvalue weighted by Gasteiger charge is 2.35. The zero-order valence-corrected chi connectivity index (χ0v) is 6.73. The third-order valence-electron chi connectivity index (χ3n) is 2.59. The molecule has 2 aliphatic rings. The van der Waals surface area contributed by atoms with Gasteiger partial charge in [0, 0.05) is 6.54 Å². The minimum absolute atomic E-state index is 0. The second-order valence-corrected chi connectivity index (χ2v) is 3.32. The van der Waals surface area contributed by atoms with Gasteiger partial charge in [-0.25, -0.2) is 0 Å². The number of hydrogen-bond donors (Lipinski definition) is 2. The number of rotatable bonds is 0.